The smallest absolute Gasteiger partial charge is 0.234 e. The standard InChI is InChI=1S/C20H24ClN3O2/c1-14-11-18(19(25)12-23-10-8-22-20(26)13-23)15(2)24(14)9-7-16-3-5-17(21)6-4-16/h3-6,11H,7-10,12-13H2,1-2H3,(H,22,26). The number of amides is 1. The summed E-state index contributed by atoms with van der Waals surface area (Å²) in [5.74, 6) is 0.0584. The lowest BCUT2D eigenvalue weighted by molar-refractivity contribution is -0.123. The average molecular weight is 374 g/mol. The molecule has 1 saturated heterocycles. The Hall–Kier alpha value is -2.11. The van der Waals surface area contributed by atoms with Crippen molar-refractivity contribution in [3.8, 4) is 0 Å². The van der Waals surface area contributed by atoms with Gasteiger partial charge in [0, 0.05) is 41.6 Å². The van der Waals surface area contributed by atoms with Gasteiger partial charge in [-0.25, -0.2) is 0 Å². The van der Waals surface area contributed by atoms with E-state index in [2.05, 4.69) is 9.88 Å². The SMILES string of the molecule is Cc1cc(C(=O)CN2CCNC(=O)C2)c(C)n1CCc1ccc(Cl)cc1. The minimum absolute atomic E-state index is 0.0162. The van der Waals surface area contributed by atoms with Gasteiger partial charge in [-0.15, -0.1) is 0 Å². The van der Waals surface area contributed by atoms with Crippen LogP contribution in [0.4, 0.5) is 0 Å². The van der Waals surface area contributed by atoms with Crippen LogP contribution in [0.25, 0.3) is 0 Å². The maximum atomic E-state index is 12.7. The van der Waals surface area contributed by atoms with Crippen molar-refractivity contribution in [1.82, 2.24) is 14.8 Å². The second-order valence-corrected chi connectivity index (χ2v) is 7.23. The predicted molar refractivity (Wildman–Crippen MR) is 103 cm³/mol. The highest BCUT2D eigenvalue weighted by Crippen LogP contribution is 2.18. The molecule has 1 aliphatic heterocycles. The van der Waals surface area contributed by atoms with Crippen molar-refractivity contribution in [2.45, 2.75) is 26.8 Å². The highest BCUT2D eigenvalue weighted by Gasteiger charge is 2.22. The van der Waals surface area contributed by atoms with E-state index in [1.165, 1.54) is 5.56 Å². The molecule has 0 atom stereocenters. The number of ketones is 1. The number of halogens is 1. The molecule has 1 aliphatic rings. The molecule has 5 nitrogen and oxygen atoms in total. The van der Waals surface area contributed by atoms with Crippen molar-refractivity contribution in [1.29, 1.82) is 0 Å². The number of aryl methyl sites for hydroxylation is 2. The van der Waals surface area contributed by atoms with Crippen molar-refractivity contribution in [2.75, 3.05) is 26.2 Å². The van der Waals surface area contributed by atoms with Gasteiger partial charge in [-0.1, -0.05) is 23.7 Å². The largest absolute Gasteiger partial charge is 0.354 e. The van der Waals surface area contributed by atoms with Crippen LogP contribution in [-0.2, 0) is 17.8 Å². The Morgan fingerprint density at radius 1 is 1.23 bits per heavy atom. The van der Waals surface area contributed by atoms with Gasteiger partial charge in [-0.05, 0) is 44.0 Å². The van der Waals surface area contributed by atoms with E-state index < -0.39 is 0 Å². The van der Waals surface area contributed by atoms with Crippen molar-refractivity contribution in [3.63, 3.8) is 0 Å². The molecular weight excluding hydrogens is 350 g/mol. The van der Waals surface area contributed by atoms with Gasteiger partial charge in [0.2, 0.25) is 5.91 Å². The van der Waals surface area contributed by atoms with Crippen LogP contribution in [0.2, 0.25) is 5.02 Å². The van der Waals surface area contributed by atoms with Crippen LogP contribution in [0.5, 0.6) is 0 Å². The lowest BCUT2D eigenvalue weighted by atomic mass is 10.1. The van der Waals surface area contributed by atoms with E-state index in [9.17, 15) is 9.59 Å². The maximum Gasteiger partial charge on any atom is 0.234 e. The summed E-state index contributed by atoms with van der Waals surface area (Å²) in [6.07, 6.45) is 0.882. The number of aromatic nitrogens is 1. The summed E-state index contributed by atoms with van der Waals surface area (Å²) in [5, 5.41) is 3.52. The van der Waals surface area contributed by atoms with Crippen molar-refractivity contribution >= 4 is 23.3 Å². The van der Waals surface area contributed by atoms with Gasteiger partial charge in [0.15, 0.2) is 5.78 Å². The summed E-state index contributed by atoms with van der Waals surface area (Å²) in [4.78, 5) is 26.1. The number of nitrogens with zero attached hydrogens (tertiary/aromatic N) is 2. The Kier molecular flexibility index (Phi) is 5.79. The maximum absolute atomic E-state index is 12.7. The zero-order chi connectivity index (χ0) is 18.7. The van der Waals surface area contributed by atoms with Crippen LogP contribution in [0.15, 0.2) is 30.3 Å². The fourth-order valence-corrected chi connectivity index (χ4v) is 3.56. The first-order valence-corrected chi connectivity index (χ1v) is 9.25. The summed E-state index contributed by atoms with van der Waals surface area (Å²) in [5.41, 5.74) is 4.04. The van der Waals surface area contributed by atoms with Crippen LogP contribution in [0.3, 0.4) is 0 Å². The van der Waals surface area contributed by atoms with Crippen molar-refractivity contribution in [2.24, 2.45) is 0 Å². The van der Waals surface area contributed by atoms with Gasteiger partial charge in [0.05, 0.1) is 13.1 Å². The molecule has 1 aromatic carbocycles. The third-order valence-corrected chi connectivity index (χ3v) is 5.15. The summed E-state index contributed by atoms with van der Waals surface area (Å²) in [6.45, 7) is 6.73. The fourth-order valence-electron chi connectivity index (χ4n) is 3.43. The summed E-state index contributed by atoms with van der Waals surface area (Å²) in [6, 6.07) is 9.82. The van der Waals surface area contributed by atoms with Crippen molar-refractivity contribution < 1.29 is 9.59 Å². The van der Waals surface area contributed by atoms with Gasteiger partial charge in [0.1, 0.15) is 0 Å². The predicted octanol–water partition coefficient (Wildman–Crippen LogP) is 2.62. The zero-order valence-electron chi connectivity index (χ0n) is 15.2. The highest BCUT2D eigenvalue weighted by molar-refractivity contribution is 6.30. The Morgan fingerprint density at radius 3 is 2.65 bits per heavy atom. The number of Topliss-reactive ketones (excluding diaryl/α,β-unsaturated/α-hetero) is 1. The lowest BCUT2D eigenvalue weighted by Crippen LogP contribution is -2.49. The van der Waals surface area contributed by atoms with Gasteiger partial charge in [-0.3, -0.25) is 14.5 Å². The summed E-state index contributed by atoms with van der Waals surface area (Å²) < 4.78 is 2.19. The molecule has 0 spiro atoms. The number of piperazine rings is 1. The lowest BCUT2D eigenvalue weighted by Gasteiger charge is -2.25. The molecule has 138 valence electrons. The minimum Gasteiger partial charge on any atom is -0.354 e. The third kappa shape index (κ3) is 4.34. The first-order valence-electron chi connectivity index (χ1n) is 8.87. The van der Waals surface area contributed by atoms with Crippen LogP contribution >= 0.6 is 11.6 Å². The third-order valence-electron chi connectivity index (χ3n) is 4.90. The average Bonchev–Trinajstić information content (AvgIpc) is 2.89. The van der Waals surface area contributed by atoms with Crippen molar-refractivity contribution in [3.05, 3.63) is 57.9 Å². The van der Waals surface area contributed by atoms with E-state index in [4.69, 9.17) is 11.6 Å². The topological polar surface area (TPSA) is 54.3 Å². The molecule has 2 heterocycles. The number of carbonyl (C=O) groups excluding carboxylic acids is 2. The number of carbonyl (C=O) groups is 2. The van der Waals surface area contributed by atoms with E-state index in [1.54, 1.807) is 0 Å². The Bertz CT molecular complexity index is 811. The first-order chi connectivity index (χ1) is 12.4. The van der Waals surface area contributed by atoms with E-state index in [0.29, 0.717) is 19.6 Å². The first kappa shape index (κ1) is 18.7. The van der Waals surface area contributed by atoms with Crippen LogP contribution in [-0.4, -0.2) is 47.3 Å². The fraction of sp³-hybridized carbons (Fsp3) is 0.400. The normalized spacial score (nSPS) is 15.1. The number of rotatable bonds is 6. The molecule has 1 aromatic heterocycles. The number of hydrogen-bond donors (Lipinski definition) is 1. The second kappa shape index (κ2) is 8.06. The zero-order valence-corrected chi connectivity index (χ0v) is 16.0. The molecule has 2 aromatic rings. The summed E-state index contributed by atoms with van der Waals surface area (Å²) >= 11 is 5.93. The monoisotopic (exact) mass is 373 g/mol. The minimum atomic E-state index is -0.0162. The number of benzene rings is 1. The van der Waals surface area contributed by atoms with Gasteiger partial charge in [-0.2, -0.15) is 0 Å². The highest BCUT2D eigenvalue weighted by atomic mass is 35.5. The Labute approximate surface area is 158 Å². The molecule has 0 aliphatic carbocycles. The van der Waals surface area contributed by atoms with Crippen LogP contribution in [0, 0.1) is 13.8 Å². The van der Waals surface area contributed by atoms with Gasteiger partial charge in [0.25, 0.3) is 0 Å². The quantitative estimate of drug-likeness (QED) is 0.792. The number of hydrogen-bond acceptors (Lipinski definition) is 3. The molecule has 0 unspecified atom stereocenters. The van der Waals surface area contributed by atoms with Gasteiger partial charge < -0.3 is 9.88 Å². The second-order valence-electron chi connectivity index (χ2n) is 6.80. The van der Waals surface area contributed by atoms with Crippen LogP contribution < -0.4 is 5.32 Å². The molecule has 3 rings (SSSR count). The molecule has 1 N–H and O–H groups in total. The van der Waals surface area contributed by atoms with Gasteiger partial charge >= 0.3 is 0 Å². The molecule has 6 heteroatoms. The molecule has 0 bridgehead atoms. The molecule has 0 radical (unpaired) electrons. The molecular formula is C20H24ClN3O2. The van der Waals surface area contributed by atoms with E-state index in [0.717, 1.165) is 34.9 Å². The molecule has 26 heavy (non-hydrogen) atoms. The Balaban J connectivity index is 1.67. The summed E-state index contributed by atoms with van der Waals surface area (Å²) in [7, 11) is 0. The number of nitrogens with one attached hydrogen (secondary N) is 1. The van der Waals surface area contributed by atoms with E-state index >= 15 is 0 Å². The molecule has 0 saturated carbocycles. The molecule has 1 amide bonds. The van der Waals surface area contributed by atoms with Crippen LogP contribution in [0.1, 0.15) is 27.3 Å². The molecule has 1 fully saturated rings. The Morgan fingerprint density at radius 2 is 1.96 bits per heavy atom. The van der Waals surface area contributed by atoms with E-state index in [-0.39, 0.29) is 18.2 Å². The van der Waals surface area contributed by atoms with E-state index in [1.807, 2.05) is 49.1 Å².